The summed E-state index contributed by atoms with van der Waals surface area (Å²) in [6, 6.07) is 0.724. The number of hydrogen-bond donors (Lipinski definition) is 1. The molecule has 0 amide bonds. The number of rotatable bonds is 9. The Morgan fingerprint density at radius 3 is 2.50 bits per heavy atom. The van der Waals surface area contributed by atoms with Crippen molar-refractivity contribution in [1.29, 1.82) is 0 Å². The SMILES string of the molecule is CCC(C)N(CC)CCNCCSC. The first kappa shape index (κ1) is 14.3. The molecule has 0 spiro atoms. The lowest BCUT2D eigenvalue weighted by Crippen LogP contribution is -2.38. The number of nitrogens with zero attached hydrogens (tertiary/aromatic N) is 1. The van der Waals surface area contributed by atoms with Crippen molar-refractivity contribution in [2.45, 2.75) is 33.2 Å². The van der Waals surface area contributed by atoms with E-state index in [1.54, 1.807) is 0 Å². The van der Waals surface area contributed by atoms with Gasteiger partial charge in [-0.2, -0.15) is 11.8 Å². The van der Waals surface area contributed by atoms with Crippen molar-refractivity contribution >= 4 is 11.8 Å². The van der Waals surface area contributed by atoms with Crippen LogP contribution in [-0.4, -0.2) is 49.1 Å². The molecule has 0 aromatic heterocycles. The van der Waals surface area contributed by atoms with Crippen molar-refractivity contribution in [3.63, 3.8) is 0 Å². The summed E-state index contributed by atoms with van der Waals surface area (Å²) < 4.78 is 0. The Kier molecular flexibility index (Phi) is 10.0. The summed E-state index contributed by atoms with van der Waals surface area (Å²) in [6.45, 7) is 11.4. The van der Waals surface area contributed by atoms with E-state index in [4.69, 9.17) is 0 Å². The molecule has 0 fully saturated rings. The van der Waals surface area contributed by atoms with Crippen molar-refractivity contribution in [2.24, 2.45) is 0 Å². The van der Waals surface area contributed by atoms with Crippen LogP contribution in [-0.2, 0) is 0 Å². The third-order valence-electron chi connectivity index (χ3n) is 2.68. The molecule has 1 N–H and O–H groups in total. The zero-order chi connectivity index (χ0) is 10.8. The third kappa shape index (κ3) is 6.68. The highest BCUT2D eigenvalue weighted by Crippen LogP contribution is 2.01. The summed E-state index contributed by atoms with van der Waals surface area (Å²) in [5.74, 6) is 1.22. The van der Waals surface area contributed by atoms with Gasteiger partial charge in [-0.15, -0.1) is 0 Å². The molecular formula is C11H26N2S. The maximum atomic E-state index is 3.47. The second-order valence-electron chi connectivity index (χ2n) is 3.63. The maximum absolute atomic E-state index is 3.47. The minimum atomic E-state index is 0.724. The van der Waals surface area contributed by atoms with Crippen LogP contribution in [0.1, 0.15) is 27.2 Å². The van der Waals surface area contributed by atoms with Gasteiger partial charge in [0.2, 0.25) is 0 Å². The smallest absolute Gasteiger partial charge is 0.0110 e. The van der Waals surface area contributed by atoms with Crippen LogP contribution in [0.25, 0.3) is 0 Å². The Labute approximate surface area is 93.8 Å². The number of nitrogens with one attached hydrogen (secondary N) is 1. The van der Waals surface area contributed by atoms with Crippen LogP contribution in [0.2, 0.25) is 0 Å². The minimum Gasteiger partial charge on any atom is -0.315 e. The van der Waals surface area contributed by atoms with Gasteiger partial charge in [0, 0.05) is 31.4 Å². The average molecular weight is 218 g/mol. The predicted octanol–water partition coefficient (Wildman–Crippen LogP) is 2.06. The van der Waals surface area contributed by atoms with E-state index in [9.17, 15) is 0 Å². The zero-order valence-corrected chi connectivity index (χ0v) is 11.0. The van der Waals surface area contributed by atoms with Crippen LogP contribution < -0.4 is 5.32 Å². The first-order valence-corrected chi connectivity index (χ1v) is 7.09. The number of hydrogen-bond acceptors (Lipinski definition) is 3. The van der Waals surface area contributed by atoms with E-state index in [0.717, 1.165) is 19.1 Å². The molecule has 0 aromatic rings. The molecule has 0 rings (SSSR count). The maximum Gasteiger partial charge on any atom is 0.0110 e. The van der Waals surface area contributed by atoms with E-state index in [1.807, 2.05) is 11.8 Å². The molecule has 0 aliphatic carbocycles. The van der Waals surface area contributed by atoms with Crippen LogP contribution in [0.3, 0.4) is 0 Å². The lowest BCUT2D eigenvalue weighted by atomic mass is 10.2. The zero-order valence-electron chi connectivity index (χ0n) is 10.2. The Hall–Kier alpha value is 0.270. The van der Waals surface area contributed by atoms with Crippen LogP contribution in [0.15, 0.2) is 0 Å². The largest absolute Gasteiger partial charge is 0.315 e. The molecule has 86 valence electrons. The fraction of sp³-hybridized carbons (Fsp3) is 1.00. The molecule has 14 heavy (non-hydrogen) atoms. The lowest BCUT2D eigenvalue weighted by molar-refractivity contribution is 0.215. The van der Waals surface area contributed by atoms with Crippen LogP contribution in [0, 0.1) is 0 Å². The molecule has 1 unspecified atom stereocenters. The Balaban J connectivity index is 3.42. The van der Waals surface area contributed by atoms with E-state index in [-0.39, 0.29) is 0 Å². The summed E-state index contributed by atoms with van der Waals surface area (Å²) in [6.07, 6.45) is 3.40. The standard InChI is InChI=1S/C11H26N2S/c1-5-11(3)13(6-2)9-7-12-8-10-14-4/h11-12H,5-10H2,1-4H3. The fourth-order valence-corrected chi connectivity index (χ4v) is 1.82. The van der Waals surface area contributed by atoms with Gasteiger partial charge in [-0.1, -0.05) is 13.8 Å². The molecule has 3 heteroatoms. The second kappa shape index (κ2) is 9.81. The van der Waals surface area contributed by atoms with Gasteiger partial charge in [0.05, 0.1) is 0 Å². The van der Waals surface area contributed by atoms with Gasteiger partial charge in [-0.25, -0.2) is 0 Å². The van der Waals surface area contributed by atoms with E-state index in [2.05, 4.69) is 37.2 Å². The molecule has 0 radical (unpaired) electrons. The van der Waals surface area contributed by atoms with Crippen molar-refractivity contribution in [1.82, 2.24) is 10.2 Å². The first-order chi connectivity index (χ1) is 6.76. The lowest BCUT2D eigenvalue weighted by Gasteiger charge is -2.26. The second-order valence-corrected chi connectivity index (χ2v) is 4.61. The molecule has 0 saturated heterocycles. The summed E-state index contributed by atoms with van der Waals surface area (Å²) in [5, 5.41) is 3.47. The molecule has 0 saturated carbocycles. The molecule has 0 aromatic carbocycles. The van der Waals surface area contributed by atoms with E-state index < -0.39 is 0 Å². The van der Waals surface area contributed by atoms with Crippen LogP contribution in [0.4, 0.5) is 0 Å². The molecule has 0 heterocycles. The summed E-state index contributed by atoms with van der Waals surface area (Å²) in [7, 11) is 0. The fourth-order valence-electron chi connectivity index (χ4n) is 1.47. The van der Waals surface area contributed by atoms with Crippen molar-refractivity contribution in [3.8, 4) is 0 Å². The van der Waals surface area contributed by atoms with Gasteiger partial charge in [0.15, 0.2) is 0 Å². The molecular weight excluding hydrogens is 192 g/mol. The topological polar surface area (TPSA) is 15.3 Å². The van der Waals surface area contributed by atoms with Crippen molar-refractivity contribution in [3.05, 3.63) is 0 Å². The normalized spacial score (nSPS) is 13.5. The molecule has 0 bridgehead atoms. The van der Waals surface area contributed by atoms with E-state index in [0.29, 0.717) is 0 Å². The highest BCUT2D eigenvalue weighted by atomic mass is 32.2. The van der Waals surface area contributed by atoms with Gasteiger partial charge in [-0.05, 0) is 26.1 Å². The Bertz CT molecular complexity index is 120. The molecule has 0 aliphatic rings. The van der Waals surface area contributed by atoms with Gasteiger partial charge in [0.1, 0.15) is 0 Å². The Morgan fingerprint density at radius 1 is 1.29 bits per heavy atom. The number of likely N-dealkylation sites (N-methyl/N-ethyl adjacent to an activating group) is 1. The quantitative estimate of drug-likeness (QED) is 0.596. The molecule has 1 atom stereocenters. The van der Waals surface area contributed by atoms with Gasteiger partial charge >= 0.3 is 0 Å². The van der Waals surface area contributed by atoms with E-state index in [1.165, 1.54) is 25.3 Å². The van der Waals surface area contributed by atoms with E-state index >= 15 is 0 Å². The monoisotopic (exact) mass is 218 g/mol. The average Bonchev–Trinajstić information content (AvgIpc) is 2.22. The highest BCUT2D eigenvalue weighted by molar-refractivity contribution is 7.98. The van der Waals surface area contributed by atoms with Gasteiger partial charge in [-0.3, -0.25) is 4.90 Å². The van der Waals surface area contributed by atoms with Crippen molar-refractivity contribution < 1.29 is 0 Å². The summed E-state index contributed by atoms with van der Waals surface area (Å²) in [4.78, 5) is 2.53. The van der Waals surface area contributed by atoms with Crippen LogP contribution >= 0.6 is 11.8 Å². The number of thioether (sulfide) groups is 1. The summed E-state index contributed by atoms with van der Waals surface area (Å²) >= 11 is 1.90. The molecule has 0 aliphatic heterocycles. The Morgan fingerprint density at radius 2 is 2.00 bits per heavy atom. The summed E-state index contributed by atoms with van der Waals surface area (Å²) in [5.41, 5.74) is 0. The van der Waals surface area contributed by atoms with Gasteiger partial charge in [0.25, 0.3) is 0 Å². The highest BCUT2D eigenvalue weighted by Gasteiger charge is 2.08. The first-order valence-electron chi connectivity index (χ1n) is 5.69. The minimum absolute atomic E-state index is 0.724. The molecule has 2 nitrogen and oxygen atoms in total. The van der Waals surface area contributed by atoms with Crippen LogP contribution in [0.5, 0.6) is 0 Å². The third-order valence-corrected chi connectivity index (χ3v) is 3.29. The van der Waals surface area contributed by atoms with Gasteiger partial charge < -0.3 is 5.32 Å². The van der Waals surface area contributed by atoms with Crippen molar-refractivity contribution in [2.75, 3.05) is 38.2 Å². The predicted molar refractivity (Wildman–Crippen MR) is 68.3 cm³/mol.